The molecular formula is C23H23N3O2. The van der Waals surface area contributed by atoms with Crippen LogP contribution in [0.3, 0.4) is 0 Å². The standard InChI is InChI=1S/C23H23N3O2/c1-15-11-16(2)18(17(3)12-15)14-26-20-8-5-4-7-19(20)25-22(26)13-24-23(27)21-9-6-10-28-21/h4-12H,13-14H2,1-3H3,(H,24,27). The van der Waals surface area contributed by atoms with Gasteiger partial charge in [-0.05, 0) is 61.7 Å². The number of imidazole rings is 1. The van der Waals surface area contributed by atoms with Crippen LogP contribution in [0.15, 0.2) is 59.2 Å². The molecule has 0 bridgehead atoms. The first-order valence-electron chi connectivity index (χ1n) is 9.35. The molecule has 0 aliphatic carbocycles. The Kier molecular flexibility index (Phi) is 4.74. The molecule has 0 aliphatic rings. The largest absolute Gasteiger partial charge is 0.459 e. The van der Waals surface area contributed by atoms with Gasteiger partial charge in [0.05, 0.1) is 23.8 Å². The fourth-order valence-corrected chi connectivity index (χ4v) is 3.71. The van der Waals surface area contributed by atoms with Crippen LogP contribution in [-0.2, 0) is 13.1 Å². The van der Waals surface area contributed by atoms with Gasteiger partial charge in [-0.3, -0.25) is 4.79 Å². The third-order valence-corrected chi connectivity index (χ3v) is 5.04. The second-order valence-corrected chi connectivity index (χ2v) is 7.14. The normalized spacial score (nSPS) is 11.1. The number of hydrogen-bond donors (Lipinski definition) is 1. The van der Waals surface area contributed by atoms with Gasteiger partial charge in [-0.15, -0.1) is 0 Å². The van der Waals surface area contributed by atoms with E-state index >= 15 is 0 Å². The van der Waals surface area contributed by atoms with Crippen molar-refractivity contribution in [1.82, 2.24) is 14.9 Å². The van der Waals surface area contributed by atoms with Crippen molar-refractivity contribution in [2.24, 2.45) is 0 Å². The van der Waals surface area contributed by atoms with Crippen molar-refractivity contribution in [3.8, 4) is 0 Å². The van der Waals surface area contributed by atoms with Gasteiger partial charge >= 0.3 is 0 Å². The Labute approximate surface area is 164 Å². The Hall–Kier alpha value is -3.34. The average molecular weight is 373 g/mol. The first-order valence-corrected chi connectivity index (χ1v) is 9.35. The molecule has 0 radical (unpaired) electrons. The lowest BCUT2D eigenvalue weighted by Gasteiger charge is -2.15. The highest BCUT2D eigenvalue weighted by Gasteiger charge is 2.15. The molecule has 0 unspecified atom stereocenters. The maximum atomic E-state index is 12.3. The smallest absolute Gasteiger partial charge is 0.287 e. The number of furan rings is 1. The maximum Gasteiger partial charge on any atom is 0.287 e. The lowest BCUT2D eigenvalue weighted by molar-refractivity contribution is 0.0922. The van der Waals surface area contributed by atoms with Crippen molar-refractivity contribution in [1.29, 1.82) is 0 Å². The molecule has 5 heteroatoms. The van der Waals surface area contributed by atoms with Gasteiger partial charge < -0.3 is 14.3 Å². The molecule has 28 heavy (non-hydrogen) atoms. The van der Waals surface area contributed by atoms with Crippen LogP contribution in [0.2, 0.25) is 0 Å². The lowest BCUT2D eigenvalue weighted by Crippen LogP contribution is -2.24. The van der Waals surface area contributed by atoms with Crippen LogP contribution < -0.4 is 5.32 Å². The highest BCUT2D eigenvalue weighted by atomic mass is 16.3. The number of aryl methyl sites for hydroxylation is 3. The first-order chi connectivity index (χ1) is 13.5. The summed E-state index contributed by atoms with van der Waals surface area (Å²) >= 11 is 0. The van der Waals surface area contributed by atoms with Gasteiger partial charge in [0.2, 0.25) is 0 Å². The summed E-state index contributed by atoms with van der Waals surface area (Å²) in [6.45, 7) is 7.45. The predicted molar refractivity (Wildman–Crippen MR) is 109 cm³/mol. The van der Waals surface area contributed by atoms with Crippen molar-refractivity contribution >= 4 is 16.9 Å². The zero-order valence-corrected chi connectivity index (χ0v) is 16.3. The molecule has 5 nitrogen and oxygen atoms in total. The fraction of sp³-hybridized carbons (Fsp3) is 0.217. The fourth-order valence-electron chi connectivity index (χ4n) is 3.71. The maximum absolute atomic E-state index is 12.3. The van der Waals surface area contributed by atoms with Crippen molar-refractivity contribution in [2.75, 3.05) is 0 Å². The number of carbonyl (C=O) groups is 1. The molecule has 0 fully saturated rings. The Morgan fingerprint density at radius 3 is 2.54 bits per heavy atom. The van der Waals surface area contributed by atoms with Gasteiger partial charge in [0.1, 0.15) is 5.82 Å². The van der Waals surface area contributed by atoms with Crippen molar-refractivity contribution < 1.29 is 9.21 Å². The van der Waals surface area contributed by atoms with Crippen LogP contribution in [0, 0.1) is 20.8 Å². The molecule has 0 saturated heterocycles. The second kappa shape index (κ2) is 7.35. The topological polar surface area (TPSA) is 60.1 Å². The minimum Gasteiger partial charge on any atom is -0.459 e. The van der Waals surface area contributed by atoms with E-state index in [9.17, 15) is 4.79 Å². The third-order valence-electron chi connectivity index (χ3n) is 5.04. The van der Waals surface area contributed by atoms with E-state index in [4.69, 9.17) is 9.40 Å². The van der Waals surface area contributed by atoms with Crippen molar-refractivity contribution in [2.45, 2.75) is 33.9 Å². The zero-order valence-electron chi connectivity index (χ0n) is 16.3. The predicted octanol–water partition coefficient (Wildman–Crippen LogP) is 4.53. The first kappa shape index (κ1) is 18.0. The van der Waals surface area contributed by atoms with Gasteiger partial charge in [0, 0.05) is 6.54 Å². The van der Waals surface area contributed by atoms with Gasteiger partial charge in [-0.2, -0.15) is 0 Å². The summed E-state index contributed by atoms with van der Waals surface area (Å²) < 4.78 is 7.35. The molecule has 1 N–H and O–H groups in total. The van der Waals surface area contributed by atoms with Crippen LogP contribution in [0.5, 0.6) is 0 Å². The molecule has 0 aliphatic heterocycles. The number of fused-ring (bicyclic) bond motifs is 1. The Morgan fingerprint density at radius 2 is 1.82 bits per heavy atom. The highest BCUT2D eigenvalue weighted by Crippen LogP contribution is 2.22. The van der Waals surface area contributed by atoms with Crippen LogP contribution in [-0.4, -0.2) is 15.5 Å². The number of nitrogens with one attached hydrogen (secondary N) is 1. The molecule has 2 aromatic carbocycles. The Morgan fingerprint density at radius 1 is 1.07 bits per heavy atom. The number of aromatic nitrogens is 2. The summed E-state index contributed by atoms with van der Waals surface area (Å²) in [5, 5.41) is 2.91. The molecule has 1 amide bonds. The molecule has 142 valence electrons. The number of hydrogen-bond acceptors (Lipinski definition) is 3. The molecule has 2 heterocycles. The van der Waals surface area contributed by atoms with Crippen LogP contribution in [0.1, 0.15) is 38.6 Å². The summed E-state index contributed by atoms with van der Waals surface area (Å²) in [4.78, 5) is 17.0. The summed E-state index contributed by atoms with van der Waals surface area (Å²) in [7, 11) is 0. The molecular weight excluding hydrogens is 350 g/mol. The molecule has 0 saturated carbocycles. The third kappa shape index (κ3) is 3.43. The molecule has 0 atom stereocenters. The molecule has 4 aromatic rings. The number of carbonyl (C=O) groups excluding carboxylic acids is 1. The van der Waals surface area contributed by atoms with E-state index in [0.29, 0.717) is 18.8 Å². The Bertz CT molecular complexity index is 1120. The lowest BCUT2D eigenvalue weighted by atomic mass is 9.99. The summed E-state index contributed by atoms with van der Waals surface area (Å²) in [5.41, 5.74) is 7.06. The van der Waals surface area contributed by atoms with E-state index < -0.39 is 0 Å². The zero-order chi connectivity index (χ0) is 19.7. The van der Waals surface area contributed by atoms with Gasteiger partial charge in [0.25, 0.3) is 5.91 Å². The van der Waals surface area contributed by atoms with E-state index in [-0.39, 0.29) is 5.91 Å². The van der Waals surface area contributed by atoms with Gasteiger partial charge in [-0.1, -0.05) is 29.8 Å². The van der Waals surface area contributed by atoms with E-state index in [1.807, 2.05) is 18.2 Å². The highest BCUT2D eigenvalue weighted by molar-refractivity contribution is 5.91. The van der Waals surface area contributed by atoms with Crippen LogP contribution >= 0.6 is 0 Å². The quantitative estimate of drug-likeness (QED) is 0.559. The second-order valence-electron chi connectivity index (χ2n) is 7.14. The monoisotopic (exact) mass is 373 g/mol. The summed E-state index contributed by atoms with van der Waals surface area (Å²) in [5.74, 6) is 0.875. The molecule has 4 rings (SSSR count). The number of nitrogens with zero attached hydrogens (tertiary/aromatic N) is 2. The number of benzene rings is 2. The van der Waals surface area contributed by atoms with Crippen LogP contribution in [0.25, 0.3) is 11.0 Å². The molecule has 0 spiro atoms. The van der Waals surface area contributed by atoms with Crippen molar-refractivity contribution in [3.05, 3.63) is 88.6 Å². The SMILES string of the molecule is Cc1cc(C)c(Cn2c(CNC(=O)c3ccco3)nc3ccccc32)c(C)c1. The van der Waals surface area contributed by atoms with E-state index in [1.165, 1.54) is 28.5 Å². The molecule has 2 aromatic heterocycles. The number of rotatable bonds is 5. The van der Waals surface area contributed by atoms with Crippen LogP contribution in [0.4, 0.5) is 0 Å². The summed E-state index contributed by atoms with van der Waals surface area (Å²) in [6, 6.07) is 15.8. The van der Waals surface area contributed by atoms with Gasteiger partial charge in [-0.25, -0.2) is 4.98 Å². The van der Waals surface area contributed by atoms with Crippen molar-refractivity contribution in [3.63, 3.8) is 0 Å². The minimum atomic E-state index is -0.244. The number of amides is 1. The average Bonchev–Trinajstić information content (AvgIpc) is 3.31. The summed E-state index contributed by atoms with van der Waals surface area (Å²) in [6.07, 6.45) is 1.49. The minimum absolute atomic E-state index is 0.244. The van der Waals surface area contributed by atoms with Gasteiger partial charge in [0.15, 0.2) is 5.76 Å². The van der Waals surface area contributed by atoms with E-state index in [0.717, 1.165) is 16.9 Å². The van der Waals surface area contributed by atoms with E-state index in [1.54, 1.807) is 12.1 Å². The Balaban J connectivity index is 1.69. The number of para-hydroxylation sites is 2. The van der Waals surface area contributed by atoms with E-state index in [2.05, 4.69) is 48.9 Å².